The molecule has 0 bridgehead atoms. The molecule has 1 aliphatic carbocycles. The van der Waals surface area contributed by atoms with E-state index in [1.807, 2.05) is 0 Å². The molecule has 0 saturated heterocycles. The van der Waals surface area contributed by atoms with Crippen molar-refractivity contribution in [2.24, 2.45) is 0 Å². The van der Waals surface area contributed by atoms with Crippen LogP contribution in [0, 0.1) is 0 Å². The molecule has 0 spiro atoms. The van der Waals surface area contributed by atoms with E-state index in [1.165, 1.54) is 25.7 Å². The van der Waals surface area contributed by atoms with Gasteiger partial charge in [-0.2, -0.15) is 0 Å². The Morgan fingerprint density at radius 1 is 0.429 bits per heavy atom. The van der Waals surface area contributed by atoms with Crippen molar-refractivity contribution in [2.45, 2.75) is 38.5 Å². The highest BCUT2D eigenvalue weighted by atomic mass is 13.9. The fourth-order valence-electron chi connectivity index (χ4n) is 1.42. The van der Waals surface area contributed by atoms with Gasteiger partial charge in [0.25, 0.3) is 0 Å². The van der Waals surface area contributed by atoms with Crippen LogP contribution in [0.1, 0.15) is 38.5 Å². The molecule has 0 unspecified atom stereocenters. The van der Waals surface area contributed by atoms with Gasteiger partial charge in [0.05, 0.1) is 0 Å². The van der Waals surface area contributed by atoms with E-state index in [2.05, 4.69) is 48.6 Å². The minimum atomic E-state index is 1.15. The van der Waals surface area contributed by atoms with E-state index in [0.29, 0.717) is 0 Å². The second-order valence-electron chi connectivity index (χ2n) is 3.57. The van der Waals surface area contributed by atoms with Crippen molar-refractivity contribution < 1.29 is 0 Å². The topological polar surface area (TPSA) is 0 Å². The fraction of sp³-hybridized carbons (Fsp3) is 0.429. The van der Waals surface area contributed by atoms with Crippen LogP contribution in [0.3, 0.4) is 0 Å². The van der Waals surface area contributed by atoms with Crippen LogP contribution < -0.4 is 0 Å². The minimum Gasteiger partial charge on any atom is -0.0845 e. The van der Waals surface area contributed by atoms with Crippen molar-refractivity contribution in [2.75, 3.05) is 0 Å². The van der Waals surface area contributed by atoms with Gasteiger partial charge in [-0.3, -0.25) is 0 Å². The monoisotopic (exact) mass is 188 g/mol. The number of hydrogen-bond acceptors (Lipinski definition) is 0. The van der Waals surface area contributed by atoms with Gasteiger partial charge < -0.3 is 0 Å². The quantitative estimate of drug-likeness (QED) is 0.522. The first-order chi connectivity index (χ1) is 7.00. The largest absolute Gasteiger partial charge is 0.0845 e. The molecular weight excluding hydrogens is 168 g/mol. The number of hydrogen-bond donors (Lipinski definition) is 0. The standard InChI is InChI=1S/C14H20/c1-2-4-6-8-10-12-14-13-11-9-7-5-3-1/h1-4,9,11,13-14H,5-8,10,12H2/b3-1-,4-2+,11-9-,14-13?. The summed E-state index contributed by atoms with van der Waals surface area (Å²) in [5.41, 5.74) is 0. The van der Waals surface area contributed by atoms with E-state index in [0.717, 1.165) is 12.8 Å². The maximum absolute atomic E-state index is 2.27. The average Bonchev–Trinajstić information content (AvgIpc) is 2.22. The van der Waals surface area contributed by atoms with Crippen LogP contribution in [-0.2, 0) is 0 Å². The zero-order chi connectivity index (χ0) is 9.90. The molecule has 0 N–H and O–H groups in total. The molecule has 0 heteroatoms. The van der Waals surface area contributed by atoms with E-state index < -0.39 is 0 Å². The van der Waals surface area contributed by atoms with E-state index in [4.69, 9.17) is 0 Å². The summed E-state index contributed by atoms with van der Waals surface area (Å²) in [6, 6.07) is 0. The molecule has 0 atom stereocenters. The van der Waals surface area contributed by atoms with Crippen molar-refractivity contribution in [3.63, 3.8) is 0 Å². The van der Waals surface area contributed by atoms with Gasteiger partial charge in [-0.05, 0) is 38.5 Å². The zero-order valence-corrected chi connectivity index (χ0v) is 8.86. The molecule has 0 heterocycles. The minimum absolute atomic E-state index is 1.15. The third kappa shape index (κ3) is 6.47. The Morgan fingerprint density at radius 3 is 1.21 bits per heavy atom. The SMILES string of the molecule is C1=CCCCC/C=C/C=C\CC/C=C\1. The first-order valence-corrected chi connectivity index (χ1v) is 5.63. The van der Waals surface area contributed by atoms with Gasteiger partial charge in [0.1, 0.15) is 0 Å². The van der Waals surface area contributed by atoms with E-state index in [-0.39, 0.29) is 0 Å². The summed E-state index contributed by atoms with van der Waals surface area (Å²) >= 11 is 0. The Morgan fingerprint density at radius 2 is 0.786 bits per heavy atom. The lowest BCUT2D eigenvalue weighted by Gasteiger charge is -1.92. The molecule has 0 aromatic carbocycles. The Kier molecular flexibility index (Phi) is 6.74. The predicted molar refractivity (Wildman–Crippen MR) is 64.3 cm³/mol. The third-order valence-corrected chi connectivity index (χ3v) is 2.26. The van der Waals surface area contributed by atoms with Gasteiger partial charge in [0.2, 0.25) is 0 Å². The van der Waals surface area contributed by atoms with Gasteiger partial charge in [0.15, 0.2) is 0 Å². The summed E-state index contributed by atoms with van der Waals surface area (Å²) in [7, 11) is 0. The van der Waals surface area contributed by atoms with Crippen LogP contribution in [0.2, 0.25) is 0 Å². The molecule has 0 saturated carbocycles. The number of allylic oxidation sites excluding steroid dienone is 8. The van der Waals surface area contributed by atoms with Crippen molar-refractivity contribution >= 4 is 0 Å². The van der Waals surface area contributed by atoms with E-state index >= 15 is 0 Å². The molecule has 0 aromatic rings. The molecule has 1 aliphatic rings. The first kappa shape index (κ1) is 11.0. The Hall–Kier alpha value is -1.04. The number of rotatable bonds is 0. The Balaban J connectivity index is 2.34. The van der Waals surface area contributed by atoms with Gasteiger partial charge in [-0.25, -0.2) is 0 Å². The highest BCUT2D eigenvalue weighted by Crippen LogP contribution is 2.03. The lowest BCUT2D eigenvalue weighted by Crippen LogP contribution is -1.72. The molecule has 0 amide bonds. The third-order valence-electron chi connectivity index (χ3n) is 2.26. The van der Waals surface area contributed by atoms with Crippen LogP contribution in [0.5, 0.6) is 0 Å². The molecule has 0 aliphatic heterocycles. The smallest absolute Gasteiger partial charge is 0.0313 e. The van der Waals surface area contributed by atoms with Crippen molar-refractivity contribution in [1.82, 2.24) is 0 Å². The van der Waals surface area contributed by atoms with Gasteiger partial charge in [0, 0.05) is 0 Å². The van der Waals surface area contributed by atoms with Crippen LogP contribution in [0.15, 0.2) is 48.6 Å². The summed E-state index contributed by atoms with van der Waals surface area (Å²) in [4.78, 5) is 0. The molecule has 76 valence electrons. The van der Waals surface area contributed by atoms with E-state index in [1.54, 1.807) is 0 Å². The summed E-state index contributed by atoms with van der Waals surface area (Å²) in [5.74, 6) is 0. The second kappa shape index (κ2) is 8.55. The van der Waals surface area contributed by atoms with Gasteiger partial charge in [-0.1, -0.05) is 48.6 Å². The second-order valence-corrected chi connectivity index (χ2v) is 3.57. The van der Waals surface area contributed by atoms with Gasteiger partial charge >= 0.3 is 0 Å². The zero-order valence-electron chi connectivity index (χ0n) is 8.86. The molecule has 0 aromatic heterocycles. The highest BCUT2D eigenvalue weighted by molar-refractivity contribution is 5.05. The Labute approximate surface area is 87.7 Å². The van der Waals surface area contributed by atoms with Crippen molar-refractivity contribution in [3.8, 4) is 0 Å². The molecule has 0 fully saturated rings. The van der Waals surface area contributed by atoms with Crippen molar-refractivity contribution in [3.05, 3.63) is 48.6 Å². The van der Waals surface area contributed by atoms with Crippen LogP contribution in [-0.4, -0.2) is 0 Å². The fourth-order valence-corrected chi connectivity index (χ4v) is 1.42. The van der Waals surface area contributed by atoms with Crippen LogP contribution in [0.25, 0.3) is 0 Å². The summed E-state index contributed by atoms with van der Waals surface area (Å²) < 4.78 is 0. The summed E-state index contributed by atoms with van der Waals surface area (Å²) in [6.07, 6.45) is 25.0. The normalized spacial score (nSPS) is 26.3. The Bertz CT molecular complexity index is 202. The first-order valence-electron chi connectivity index (χ1n) is 5.63. The molecule has 0 nitrogen and oxygen atoms in total. The lowest BCUT2D eigenvalue weighted by molar-refractivity contribution is 0.762. The van der Waals surface area contributed by atoms with Crippen LogP contribution >= 0.6 is 0 Å². The molecular formula is C14H20. The van der Waals surface area contributed by atoms with Gasteiger partial charge in [-0.15, -0.1) is 0 Å². The predicted octanol–water partition coefficient (Wildman–Crippen LogP) is 4.57. The molecule has 14 heavy (non-hydrogen) atoms. The maximum atomic E-state index is 2.27. The highest BCUT2D eigenvalue weighted by Gasteiger charge is 1.83. The van der Waals surface area contributed by atoms with Crippen molar-refractivity contribution in [1.29, 1.82) is 0 Å². The lowest BCUT2D eigenvalue weighted by atomic mass is 10.1. The molecule has 0 radical (unpaired) electrons. The summed E-state index contributed by atoms with van der Waals surface area (Å²) in [5, 5.41) is 0. The maximum Gasteiger partial charge on any atom is -0.0313 e. The summed E-state index contributed by atoms with van der Waals surface area (Å²) in [6.45, 7) is 0. The average molecular weight is 188 g/mol. The van der Waals surface area contributed by atoms with E-state index in [9.17, 15) is 0 Å². The molecule has 1 rings (SSSR count). The van der Waals surface area contributed by atoms with Crippen LogP contribution in [0.4, 0.5) is 0 Å².